The van der Waals surface area contributed by atoms with Crippen LogP contribution in [0, 0.1) is 6.92 Å². The number of hydrogen-bond donors (Lipinski definition) is 1. The molecule has 7 nitrogen and oxygen atoms in total. The molecule has 170 valence electrons. The summed E-state index contributed by atoms with van der Waals surface area (Å²) in [4.78, 5) is 38.2. The number of benzene rings is 2. The molecule has 0 saturated heterocycles. The number of anilines is 1. The number of ether oxygens (including phenoxy) is 2. The van der Waals surface area contributed by atoms with Gasteiger partial charge in [-0.05, 0) is 69.9 Å². The van der Waals surface area contributed by atoms with Crippen molar-refractivity contribution in [2.45, 2.75) is 51.6 Å². The second kappa shape index (κ2) is 8.06. The summed E-state index contributed by atoms with van der Waals surface area (Å²) in [5.41, 5.74) is 1.94. The monoisotopic (exact) mass is 447 g/mol. The molecule has 1 fully saturated rings. The molecule has 33 heavy (non-hydrogen) atoms. The summed E-state index contributed by atoms with van der Waals surface area (Å²) >= 11 is 0. The van der Waals surface area contributed by atoms with Gasteiger partial charge in [0, 0.05) is 16.6 Å². The van der Waals surface area contributed by atoms with Crippen LogP contribution in [0.15, 0.2) is 40.8 Å². The van der Waals surface area contributed by atoms with E-state index in [2.05, 4.69) is 5.32 Å². The largest absolute Gasteiger partial charge is 0.486 e. The Kier molecular flexibility index (Phi) is 5.19. The van der Waals surface area contributed by atoms with Crippen molar-refractivity contribution in [2.75, 3.05) is 11.9 Å². The summed E-state index contributed by atoms with van der Waals surface area (Å²) in [5, 5.41) is 3.39. The van der Waals surface area contributed by atoms with Crippen LogP contribution in [-0.2, 0) is 4.74 Å². The van der Waals surface area contributed by atoms with E-state index >= 15 is 0 Å². The number of esters is 1. The Morgan fingerprint density at radius 2 is 1.94 bits per heavy atom. The highest BCUT2D eigenvalue weighted by Gasteiger charge is 2.43. The van der Waals surface area contributed by atoms with E-state index in [0.29, 0.717) is 45.5 Å². The van der Waals surface area contributed by atoms with E-state index in [9.17, 15) is 14.4 Å². The van der Waals surface area contributed by atoms with Gasteiger partial charge < -0.3 is 19.2 Å². The molecule has 5 rings (SSSR count). The maximum Gasteiger partial charge on any atom is 0.338 e. The molecule has 2 heterocycles. The number of rotatable bonds is 4. The molecule has 1 spiro atoms. The third-order valence-electron chi connectivity index (χ3n) is 6.50. The minimum atomic E-state index is -0.463. The predicted molar refractivity (Wildman–Crippen MR) is 122 cm³/mol. The van der Waals surface area contributed by atoms with Gasteiger partial charge in [-0.1, -0.05) is 6.07 Å². The van der Waals surface area contributed by atoms with Gasteiger partial charge in [0.25, 0.3) is 5.91 Å². The zero-order valence-electron chi connectivity index (χ0n) is 18.7. The first-order valence-electron chi connectivity index (χ1n) is 11.3. The molecule has 1 aromatic heterocycles. The first-order chi connectivity index (χ1) is 15.9. The van der Waals surface area contributed by atoms with Crippen LogP contribution in [0.4, 0.5) is 5.69 Å². The summed E-state index contributed by atoms with van der Waals surface area (Å²) in [5.74, 6) is -0.206. The van der Waals surface area contributed by atoms with Crippen LogP contribution in [0.2, 0.25) is 0 Å². The molecule has 7 heteroatoms. The first-order valence-corrected chi connectivity index (χ1v) is 11.3. The van der Waals surface area contributed by atoms with Crippen molar-refractivity contribution >= 4 is 34.3 Å². The molecule has 3 aromatic rings. The highest BCUT2D eigenvalue weighted by Crippen LogP contribution is 2.46. The van der Waals surface area contributed by atoms with Gasteiger partial charge in [0.1, 0.15) is 16.9 Å². The third kappa shape index (κ3) is 3.67. The lowest BCUT2D eigenvalue weighted by molar-refractivity contribution is 0.0453. The van der Waals surface area contributed by atoms with Gasteiger partial charge in [-0.2, -0.15) is 0 Å². The average molecular weight is 447 g/mol. The number of aryl methyl sites for hydroxylation is 1. The van der Waals surface area contributed by atoms with E-state index in [-0.39, 0.29) is 23.8 Å². The SMILES string of the molecule is CCOC(=O)c1cccc(NC(=O)c2oc3ccc4c(c3c2C)C(=O)CC2(CCCC2)O4)c1. The molecular formula is C26H25NO6. The summed E-state index contributed by atoms with van der Waals surface area (Å²) < 4.78 is 17.2. The van der Waals surface area contributed by atoms with E-state index in [1.165, 1.54) is 0 Å². The van der Waals surface area contributed by atoms with E-state index in [1.54, 1.807) is 50.2 Å². The van der Waals surface area contributed by atoms with Crippen LogP contribution in [-0.4, -0.2) is 29.9 Å². The molecule has 0 atom stereocenters. The fraction of sp³-hybridized carbons (Fsp3) is 0.346. The highest BCUT2D eigenvalue weighted by molar-refractivity contribution is 6.15. The molecule has 1 aliphatic carbocycles. The topological polar surface area (TPSA) is 94.8 Å². The zero-order chi connectivity index (χ0) is 23.2. The van der Waals surface area contributed by atoms with Gasteiger partial charge in [-0.15, -0.1) is 0 Å². The van der Waals surface area contributed by atoms with E-state index in [4.69, 9.17) is 13.9 Å². The van der Waals surface area contributed by atoms with Crippen molar-refractivity contribution in [1.29, 1.82) is 0 Å². The number of ketones is 1. The molecule has 1 N–H and O–H groups in total. The standard InChI is InChI=1S/C26H25NO6/c1-3-31-25(30)16-7-6-8-17(13-16)27-24(29)23-15(2)21-19(32-23)9-10-20-22(21)18(28)14-26(33-20)11-4-5-12-26/h6-10,13H,3-5,11-12,14H2,1-2H3,(H,27,29). The second-order valence-electron chi connectivity index (χ2n) is 8.72. The summed E-state index contributed by atoms with van der Waals surface area (Å²) in [7, 11) is 0. The number of fused-ring (bicyclic) bond motifs is 3. The number of Topliss-reactive ketones (excluding diaryl/α,β-unsaturated/α-hetero) is 1. The number of carbonyl (C=O) groups is 3. The molecule has 2 aliphatic rings. The van der Waals surface area contributed by atoms with Gasteiger partial charge in [0.05, 0.1) is 24.2 Å². The van der Waals surface area contributed by atoms with Crippen LogP contribution in [0.5, 0.6) is 5.75 Å². The van der Waals surface area contributed by atoms with Crippen LogP contribution < -0.4 is 10.1 Å². The van der Waals surface area contributed by atoms with Crippen molar-refractivity contribution in [1.82, 2.24) is 0 Å². The fourth-order valence-corrected chi connectivity index (χ4v) is 4.98. The average Bonchev–Trinajstić information content (AvgIpc) is 3.38. The molecule has 1 aliphatic heterocycles. The van der Waals surface area contributed by atoms with Crippen LogP contribution in [0.1, 0.15) is 75.9 Å². The Morgan fingerprint density at radius 1 is 1.15 bits per heavy atom. The third-order valence-corrected chi connectivity index (χ3v) is 6.50. The normalized spacial score (nSPS) is 16.5. The van der Waals surface area contributed by atoms with Gasteiger partial charge in [-0.25, -0.2) is 4.79 Å². The number of furan rings is 1. The second-order valence-corrected chi connectivity index (χ2v) is 8.72. The highest BCUT2D eigenvalue weighted by atomic mass is 16.5. The minimum absolute atomic E-state index is 0.0294. The zero-order valence-corrected chi connectivity index (χ0v) is 18.7. The molecule has 0 bridgehead atoms. The number of amides is 1. The van der Waals surface area contributed by atoms with E-state index < -0.39 is 11.9 Å². The Balaban J connectivity index is 1.47. The Hall–Kier alpha value is -3.61. The minimum Gasteiger partial charge on any atom is -0.486 e. The number of nitrogens with one attached hydrogen (secondary N) is 1. The summed E-state index contributed by atoms with van der Waals surface area (Å²) in [6.45, 7) is 3.76. The maximum absolute atomic E-state index is 13.2. The van der Waals surface area contributed by atoms with Crippen LogP contribution in [0.25, 0.3) is 11.0 Å². The first kappa shape index (κ1) is 21.2. The summed E-state index contributed by atoms with van der Waals surface area (Å²) in [6, 6.07) is 10.0. The molecule has 0 unspecified atom stereocenters. The molecule has 1 amide bonds. The van der Waals surface area contributed by atoms with Crippen molar-refractivity contribution in [3.05, 3.63) is 58.8 Å². The number of hydrogen-bond acceptors (Lipinski definition) is 6. The summed E-state index contributed by atoms with van der Waals surface area (Å²) in [6.07, 6.45) is 4.26. The quantitative estimate of drug-likeness (QED) is 0.535. The Labute approximate surface area is 191 Å². The molecule has 2 aromatic carbocycles. The van der Waals surface area contributed by atoms with E-state index in [1.807, 2.05) is 0 Å². The smallest absolute Gasteiger partial charge is 0.338 e. The van der Waals surface area contributed by atoms with Gasteiger partial charge in [0.15, 0.2) is 11.5 Å². The van der Waals surface area contributed by atoms with Gasteiger partial charge >= 0.3 is 5.97 Å². The molecule has 1 saturated carbocycles. The lowest BCUT2D eigenvalue weighted by Gasteiger charge is -2.34. The van der Waals surface area contributed by atoms with Crippen molar-refractivity contribution in [2.24, 2.45) is 0 Å². The lowest BCUT2D eigenvalue weighted by atomic mass is 9.87. The van der Waals surface area contributed by atoms with Gasteiger partial charge in [0.2, 0.25) is 0 Å². The fourth-order valence-electron chi connectivity index (χ4n) is 4.98. The number of carbonyl (C=O) groups excluding carboxylic acids is 3. The van der Waals surface area contributed by atoms with Crippen molar-refractivity contribution in [3.8, 4) is 5.75 Å². The van der Waals surface area contributed by atoms with Crippen LogP contribution >= 0.6 is 0 Å². The van der Waals surface area contributed by atoms with Crippen molar-refractivity contribution in [3.63, 3.8) is 0 Å². The Bertz CT molecular complexity index is 1280. The molecule has 0 radical (unpaired) electrons. The van der Waals surface area contributed by atoms with E-state index in [0.717, 1.165) is 25.7 Å². The molecular weight excluding hydrogens is 422 g/mol. The van der Waals surface area contributed by atoms with Crippen molar-refractivity contribution < 1.29 is 28.3 Å². The maximum atomic E-state index is 13.2. The Morgan fingerprint density at radius 3 is 2.70 bits per heavy atom. The lowest BCUT2D eigenvalue weighted by Crippen LogP contribution is -2.39. The van der Waals surface area contributed by atoms with Crippen LogP contribution in [0.3, 0.4) is 0 Å². The predicted octanol–water partition coefficient (Wildman–Crippen LogP) is 5.45. The van der Waals surface area contributed by atoms with Gasteiger partial charge in [-0.3, -0.25) is 9.59 Å².